The summed E-state index contributed by atoms with van der Waals surface area (Å²) in [5.74, 6) is -1.94. The van der Waals surface area contributed by atoms with Crippen molar-refractivity contribution in [2.75, 3.05) is 18.1 Å². The summed E-state index contributed by atoms with van der Waals surface area (Å²) in [5.41, 5.74) is 2.82. The summed E-state index contributed by atoms with van der Waals surface area (Å²) in [7, 11) is 0. The fourth-order valence-electron chi connectivity index (χ4n) is 2.30. The molecule has 0 aliphatic rings. The first kappa shape index (κ1) is 16.9. The van der Waals surface area contributed by atoms with Crippen LogP contribution in [0.3, 0.4) is 0 Å². The normalized spacial score (nSPS) is 10.5. The fourth-order valence-corrected chi connectivity index (χ4v) is 2.30. The van der Waals surface area contributed by atoms with Gasteiger partial charge in [-0.05, 0) is 50.1 Å². The Bertz CT molecular complexity index is 716. The van der Waals surface area contributed by atoms with Crippen molar-refractivity contribution in [1.29, 1.82) is 0 Å². The first-order chi connectivity index (χ1) is 10.9. The number of halogens is 2. The number of anilines is 1. The number of carbonyl (C=O) groups excluding carboxylic acids is 1. The maximum absolute atomic E-state index is 13.5. The minimum absolute atomic E-state index is 0.142. The van der Waals surface area contributed by atoms with Gasteiger partial charge in [0.25, 0.3) is 5.91 Å². The van der Waals surface area contributed by atoms with E-state index in [0.717, 1.165) is 28.9 Å². The molecule has 0 spiro atoms. The van der Waals surface area contributed by atoms with Gasteiger partial charge in [0.15, 0.2) is 18.2 Å². The lowest BCUT2D eigenvalue weighted by Crippen LogP contribution is -2.35. The summed E-state index contributed by atoms with van der Waals surface area (Å²) in [5, 5.41) is 0. The zero-order valence-electron chi connectivity index (χ0n) is 13.4. The summed E-state index contributed by atoms with van der Waals surface area (Å²) in [6, 6.07) is 8.83. The van der Waals surface area contributed by atoms with E-state index in [1.165, 1.54) is 6.07 Å². The van der Waals surface area contributed by atoms with E-state index in [4.69, 9.17) is 4.74 Å². The zero-order valence-corrected chi connectivity index (χ0v) is 13.4. The Hall–Kier alpha value is -2.43. The Morgan fingerprint density at radius 3 is 2.52 bits per heavy atom. The highest BCUT2D eigenvalue weighted by Crippen LogP contribution is 2.22. The Morgan fingerprint density at radius 2 is 1.87 bits per heavy atom. The molecule has 3 nitrogen and oxygen atoms in total. The van der Waals surface area contributed by atoms with Gasteiger partial charge in [0.1, 0.15) is 5.82 Å². The molecule has 1 amide bonds. The van der Waals surface area contributed by atoms with Crippen LogP contribution >= 0.6 is 0 Å². The zero-order chi connectivity index (χ0) is 17.0. The molecule has 0 unspecified atom stereocenters. The number of nitrogens with zero attached hydrogens (tertiary/aromatic N) is 1. The van der Waals surface area contributed by atoms with E-state index in [9.17, 15) is 13.6 Å². The number of hydrogen-bond acceptors (Lipinski definition) is 2. The molecule has 0 radical (unpaired) electrons. The van der Waals surface area contributed by atoms with Gasteiger partial charge in [0.05, 0.1) is 0 Å². The largest absolute Gasteiger partial charge is 0.481 e. The van der Waals surface area contributed by atoms with Crippen molar-refractivity contribution < 1.29 is 18.3 Å². The Labute approximate surface area is 134 Å². The van der Waals surface area contributed by atoms with Gasteiger partial charge in [-0.3, -0.25) is 4.79 Å². The second-order valence-electron chi connectivity index (χ2n) is 5.29. The molecular weight excluding hydrogens is 300 g/mol. The van der Waals surface area contributed by atoms with Gasteiger partial charge in [-0.15, -0.1) is 0 Å². The van der Waals surface area contributed by atoms with Crippen molar-refractivity contribution in [1.82, 2.24) is 0 Å². The number of rotatable bonds is 5. The van der Waals surface area contributed by atoms with E-state index < -0.39 is 11.6 Å². The molecular formula is C18H19F2NO2. The number of amides is 1. The first-order valence-electron chi connectivity index (χ1n) is 7.38. The van der Waals surface area contributed by atoms with Crippen LogP contribution < -0.4 is 9.64 Å². The quantitative estimate of drug-likeness (QED) is 0.833. The monoisotopic (exact) mass is 319 g/mol. The van der Waals surface area contributed by atoms with Gasteiger partial charge in [-0.2, -0.15) is 0 Å². The molecule has 0 atom stereocenters. The van der Waals surface area contributed by atoms with Crippen molar-refractivity contribution in [3.63, 3.8) is 0 Å². The molecule has 2 aromatic rings. The second kappa shape index (κ2) is 7.22. The van der Waals surface area contributed by atoms with Crippen LogP contribution in [0, 0.1) is 25.5 Å². The first-order valence-corrected chi connectivity index (χ1v) is 7.38. The van der Waals surface area contributed by atoms with Gasteiger partial charge in [0.2, 0.25) is 0 Å². The summed E-state index contributed by atoms with van der Waals surface area (Å²) >= 11 is 0. The topological polar surface area (TPSA) is 29.5 Å². The Balaban J connectivity index is 2.13. The third-order valence-corrected chi connectivity index (χ3v) is 3.52. The van der Waals surface area contributed by atoms with Crippen molar-refractivity contribution in [3.8, 4) is 5.75 Å². The molecule has 23 heavy (non-hydrogen) atoms. The minimum Gasteiger partial charge on any atom is -0.481 e. The van der Waals surface area contributed by atoms with E-state index in [1.807, 2.05) is 39.0 Å². The molecule has 0 N–H and O–H groups in total. The van der Waals surface area contributed by atoms with E-state index >= 15 is 0 Å². The predicted molar refractivity (Wildman–Crippen MR) is 85.8 cm³/mol. The van der Waals surface area contributed by atoms with E-state index in [-0.39, 0.29) is 18.3 Å². The number of carbonyl (C=O) groups is 1. The number of aryl methyl sites for hydroxylation is 2. The summed E-state index contributed by atoms with van der Waals surface area (Å²) in [6.07, 6.45) is 0. The molecule has 0 aliphatic carbocycles. The maximum Gasteiger partial charge on any atom is 0.264 e. The molecule has 0 aliphatic heterocycles. The van der Waals surface area contributed by atoms with Crippen LogP contribution in [0.2, 0.25) is 0 Å². The SMILES string of the molecule is CCN(C(=O)COc1ccc(F)cc1F)c1cc(C)ccc1C. The van der Waals surface area contributed by atoms with E-state index in [2.05, 4.69) is 0 Å². The van der Waals surface area contributed by atoms with Crippen LogP contribution in [0.4, 0.5) is 14.5 Å². The highest BCUT2D eigenvalue weighted by atomic mass is 19.1. The van der Waals surface area contributed by atoms with Crippen molar-refractivity contribution in [2.24, 2.45) is 0 Å². The van der Waals surface area contributed by atoms with Gasteiger partial charge in [0, 0.05) is 18.3 Å². The summed E-state index contributed by atoms with van der Waals surface area (Å²) < 4.78 is 31.6. The second-order valence-corrected chi connectivity index (χ2v) is 5.29. The van der Waals surface area contributed by atoms with Crippen LogP contribution in [0.15, 0.2) is 36.4 Å². The number of benzene rings is 2. The predicted octanol–water partition coefficient (Wildman–Crippen LogP) is 4.01. The Morgan fingerprint density at radius 1 is 1.13 bits per heavy atom. The van der Waals surface area contributed by atoms with Gasteiger partial charge >= 0.3 is 0 Å². The van der Waals surface area contributed by atoms with Crippen LogP contribution in [-0.2, 0) is 4.79 Å². The lowest BCUT2D eigenvalue weighted by Gasteiger charge is -2.23. The summed E-state index contributed by atoms with van der Waals surface area (Å²) in [6.45, 7) is 5.89. The number of ether oxygens (including phenoxy) is 1. The average molecular weight is 319 g/mol. The maximum atomic E-state index is 13.5. The molecule has 0 aromatic heterocycles. The van der Waals surface area contributed by atoms with Crippen molar-refractivity contribution in [3.05, 3.63) is 59.2 Å². The molecule has 122 valence electrons. The van der Waals surface area contributed by atoms with Crippen LogP contribution in [0.25, 0.3) is 0 Å². The highest BCUT2D eigenvalue weighted by molar-refractivity contribution is 5.95. The van der Waals surface area contributed by atoms with Crippen molar-refractivity contribution in [2.45, 2.75) is 20.8 Å². The third-order valence-electron chi connectivity index (χ3n) is 3.52. The van der Waals surface area contributed by atoms with E-state index in [0.29, 0.717) is 6.54 Å². The lowest BCUT2D eigenvalue weighted by atomic mass is 10.1. The molecule has 0 bridgehead atoms. The van der Waals surface area contributed by atoms with Crippen LogP contribution in [0.1, 0.15) is 18.1 Å². The number of likely N-dealkylation sites (N-methyl/N-ethyl adjacent to an activating group) is 1. The minimum atomic E-state index is -0.826. The number of hydrogen-bond donors (Lipinski definition) is 0. The molecule has 2 rings (SSSR count). The molecule has 0 heterocycles. The molecule has 0 saturated heterocycles. The van der Waals surface area contributed by atoms with Crippen LogP contribution in [0.5, 0.6) is 5.75 Å². The summed E-state index contributed by atoms with van der Waals surface area (Å²) in [4.78, 5) is 14.0. The highest BCUT2D eigenvalue weighted by Gasteiger charge is 2.17. The van der Waals surface area contributed by atoms with Gasteiger partial charge in [-0.1, -0.05) is 12.1 Å². The standard InChI is InChI=1S/C18H19F2NO2/c1-4-21(16-9-12(2)5-6-13(16)3)18(22)11-23-17-8-7-14(19)10-15(17)20/h5-10H,4,11H2,1-3H3. The van der Waals surface area contributed by atoms with E-state index in [1.54, 1.807) is 4.90 Å². The molecule has 2 aromatic carbocycles. The van der Waals surface area contributed by atoms with Crippen molar-refractivity contribution >= 4 is 11.6 Å². The lowest BCUT2D eigenvalue weighted by molar-refractivity contribution is -0.120. The molecule has 0 fully saturated rings. The van der Waals surface area contributed by atoms with Gasteiger partial charge < -0.3 is 9.64 Å². The van der Waals surface area contributed by atoms with Crippen LogP contribution in [-0.4, -0.2) is 19.1 Å². The third kappa shape index (κ3) is 4.06. The average Bonchev–Trinajstić information content (AvgIpc) is 2.50. The smallest absolute Gasteiger partial charge is 0.264 e. The Kier molecular flexibility index (Phi) is 5.32. The molecule has 0 saturated carbocycles. The molecule has 5 heteroatoms. The van der Waals surface area contributed by atoms with Gasteiger partial charge in [-0.25, -0.2) is 8.78 Å². The fraction of sp³-hybridized carbons (Fsp3) is 0.278.